The molecule has 112 valence electrons. The van der Waals surface area contributed by atoms with Gasteiger partial charge in [-0.3, -0.25) is 9.78 Å². The third-order valence-corrected chi connectivity index (χ3v) is 2.81. The Morgan fingerprint density at radius 2 is 1.73 bits per heavy atom. The number of hydrogen-bond acceptors (Lipinski definition) is 6. The molecule has 0 saturated carbocycles. The number of pyridine rings is 1. The van der Waals surface area contributed by atoms with Crippen LogP contribution in [0.2, 0.25) is 0 Å². The van der Waals surface area contributed by atoms with Gasteiger partial charge in [-0.25, -0.2) is 0 Å². The van der Waals surface area contributed by atoms with Gasteiger partial charge in [-0.2, -0.15) is 0 Å². The summed E-state index contributed by atoms with van der Waals surface area (Å²) in [5.41, 5.74) is 0.338. The highest BCUT2D eigenvalue weighted by Gasteiger charge is 2.13. The summed E-state index contributed by atoms with van der Waals surface area (Å²) in [6.45, 7) is 0. The number of aromatic nitrogens is 1. The van der Waals surface area contributed by atoms with Crippen LogP contribution >= 0.6 is 0 Å². The number of amides is 1. The summed E-state index contributed by atoms with van der Waals surface area (Å²) in [5, 5.41) is 23.9. The molecule has 7 heteroatoms. The fourth-order valence-corrected chi connectivity index (χ4v) is 1.82. The summed E-state index contributed by atoms with van der Waals surface area (Å²) < 4.78 is 0. The Kier molecular flexibility index (Phi) is 4.47. The maximum absolute atomic E-state index is 12.1. The highest BCUT2D eigenvalue weighted by Crippen LogP contribution is 2.13. The van der Waals surface area contributed by atoms with Gasteiger partial charge < -0.3 is 25.1 Å². The average Bonchev–Trinajstić information content (AvgIpc) is 2.48. The van der Waals surface area contributed by atoms with Gasteiger partial charge in [0.05, 0.1) is 17.2 Å². The minimum atomic E-state index is -1.55. The van der Waals surface area contributed by atoms with Gasteiger partial charge >= 0.3 is 0 Å². The second-order valence-electron chi connectivity index (χ2n) is 4.39. The van der Waals surface area contributed by atoms with Gasteiger partial charge in [0.15, 0.2) is 0 Å². The summed E-state index contributed by atoms with van der Waals surface area (Å²) in [4.78, 5) is 37.0. The predicted octanol–water partition coefficient (Wildman–Crippen LogP) is -1.01. The van der Waals surface area contributed by atoms with E-state index >= 15 is 0 Å². The molecule has 1 amide bonds. The predicted molar refractivity (Wildman–Crippen MR) is 71.7 cm³/mol. The molecule has 1 heterocycles. The monoisotopic (exact) mass is 298 g/mol. The van der Waals surface area contributed by atoms with Gasteiger partial charge in [0.25, 0.3) is 5.91 Å². The number of carbonyl (C=O) groups is 3. The number of aliphatic carboxylic acids is 1. The summed E-state index contributed by atoms with van der Waals surface area (Å²) >= 11 is 0. The molecule has 7 nitrogen and oxygen atoms in total. The lowest BCUT2D eigenvalue weighted by atomic mass is 10.1. The molecule has 0 fully saturated rings. The van der Waals surface area contributed by atoms with Gasteiger partial charge in [0.1, 0.15) is 0 Å². The molecule has 0 spiro atoms. The van der Waals surface area contributed by atoms with Crippen molar-refractivity contribution < 1.29 is 24.6 Å². The number of aromatic carboxylic acids is 1. The smallest absolute Gasteiger partial charge is 0.257 e. The standard InChI is InChI=1S/C15H12N2O5/c18-12(19)8-9-3-5-10(6-4-9)17-14(20)11-2-1-7-16-13(11)15(21)22/h1-7H,8H2,(H,17,20)(H,18,19)(H,21,22)/p-2. The minimum Gasteiger partial charge on any atom is -0.550 e. The number of nitrogens with zero attached hydrogens (tertiary/aromatic N) is 1. The van der Waals surface area contributed by atoms with E-state index in [9.17, 15) is 24.6 Å². The zero-order valence-electron chi connectivity index (χ0n) is 11.2. The number of anilines is 1. The first-order valence-corrected chi connectivity index (χ1v) is 6.24. The number of hydrogen-bond donors (Lipinski definition) is 1. The molecule has 1 N–H and O–H groups in total. The summed E-state index contributed by atoms with van der Waals surface area (Å²) in [6, 6.07) is 8.81. The molecule has 0 aliphatic rings. The molecule has 1 aromatic heterocycles. The van der Waals surface area contributed by atoms with Crippen molar-refractivity contribution >= 4 is 23.5 Å². The van der Waals surface area contributed by atoms with Crippen LogP contribution in [0.4, 0.5) is 5.69 Å². The largest absolute Gasteiger partial charge is 0.550 e. The summed E-state index contributed by atoms with van der Waals surface area (Å²) in [6.07, 6.45) is 1.02. The average molecular weight is 298 g/mol. The Morgan fingerprint density at radius 1 is 1.05 bits per heavy atom. The Morgan fingerprint density at radius 3 is 2.32 bits per heavy atom. The van der Waals surface area contributed by atoms with Crippen LogP contribution in [0.3, 0.4) is 0 Å². The number of carboxylic acid groups (broad SMARTS) is 2. The van der Waals surface area contributed by atoms with Crippen LogP contribution in [0.5, 0.6) is 0 Å². The molecule has 0 bridgehead atoms. The Labute approximate surface area is 125 Å². The molecule has 1 aromatic carbocycles. The molecule has 0 atom stereocenters. The summed E-state index contributed by atoms with van der Waals surface area (Å²) in [5.74, 6) is -3.40. The zero-order valence-corrected chi connectivity index (χ0v) is 11.2. The van der Waals surface area contributed by atoms with E-state index in [1.165, 1.54) is 42.6 Å². The van der Waals surface area contributed by atoms with Gasteiger partial charge in [0, 0.05) is 24.3 Å². The van der Waals surface area contributed by atoms with Crippen LogP contribution in [0, 0.1) is 0 Å². The third-order valence-electron chi connectivity index (χ3n) is 2.81. The van der Waals surface area contributed by atoms with Gasteiger partial charge in [-0.15, -0.1) is 0 Å². The van der Waals surface area contributed by atoms with E-state index in [1.807, 2.05) is 0 Å². The maximum Gasteiger partial charge on any atom is 0.257 e. The fourth-order valence-electron chi connectivity index (χ4n) is 1.82. The molecule has 22 heavy (non-hydrogen) atoms. The number of rotatable bonds is 5. The Bertz CT molecular complexity index is 725. The third kappa shape index (κ3) is 3.66. The van der Waals surface area contributed by atoms with Crippen molar-refractivity contribution in [1.82, 2.24) is 4.98 Å². The van der Waals surface area contributed by atoms with Crippen LogP contribution in [0.25, 0.3) is 0 Å². The molecule has 0 radical (unpaired) electrons. The molecular formula is C15H10N2O5-2. The minimum absolute atomic E-state index is 0.124. The molecule has 0 unspecified atom stereocenters. The first-order chi connectivity index (χ1) is 10.5. The molecule has 0 aliphatic carbocycles. The van der Waals surface area contributed by atoms with Crippen molar-refractivity contribution in [3.8, 4) is 0 Å². The normalized spacial score (nSPS) is 10.0. The van der Waals surface area contributed by atoms with Crippen molar-refractivity contribution in [2.75, 3.05) is 5.32 Å². The van der Waals surface area contributed by atoms with E-state index in [4.69, 9.17) is 0 Å². The lowest BCUT2D eigenvalue weighted by Crippen LogP contribution is -2.27. The van der Waals surface area contributed by atoms with Crippen LogP contribution in [0.1, 0.15) is 26.4 Å². The van der Waals surface area contributed by atoms with E-state index < -0.39 is 23.5 Å². The quantitative estimate of drug-likeness (QED) is 0.754. The van der Waals surface area contributed by atoms with Crippen LogP contribution < -0.4 is 15.5 Å². The van der Waals surface area contributed by atoms with Gasteiger partial charge in [-0.05, 0) is 29.8 Å². The van der Waals surface area contributed by atoms with Gasteiger partial charge in [-0.1, -0.05) is 12.1 Å². The second-order valence-corrected chi connectivity index (χ2v) is 4.39. The summed E-state index contributed by atoms with van der Waals surface area (Å²) in [7, 11) is 0. The van der Waals surface area contributed by atoms with Crippen molar-refractivity contribution in [2.24, 2.45) is 0 Å². The molecule has 0 saturated heterocycles. The lowest BCUT2D eigenvalue weighted by Gasteiger charge is -2.10. The van der Waals surface area contributed by atoms with E-state index in [0.29, 0.717) is 11.3 Å². The van der Waals surface area contributed by atoms with Crippen molar-refractivity contribution in [2.45, 2.75) is 6.42 Å². The second kappa shape index (κ2) is 6.49. The highest BCUT2D eigenvalue weighted by molar-refractivity contribution is 6.09. The molecule has 0 aliphatic heterocycles. The number of nitrogens with one attached hydrogen (secondary N) is 1. The first-order valence-electron chi connectivity index (χ1n) is 6.24. The maximum atomic E-state index is 12.1. The molecule has 2 aromatic rings. The van der Waals surface area contributed by atoms with Crippen molar-refractivity contribution in [3.05, 3.63) is 59.4 Å². The number of benzene rings is 1. The first kappa shape index (κ1) is 15.2. The SMILES string of the molecule is O=C([O-])Cc1ccc(NC(=O)c2cccnc2C(=O)[O-])cc1. The number of carbonyl (C=O) groups excluding carboxylic acids is 3. The Hall–Kier alpha value is -3.22. The topological polar surface area (TPSA) is 122 Å². The van der Waals surface area contributed by atoms with Gasteiger partial charge in [0.2, 0.25) is 0 Å². The van der Waals surface area contributed by atoms with Crippen molar-refractivity contribution in [3.63, 3.8) is 0 Å². The van der Waals surface area contributed by atoms with Crippen molar-refractivity contribution in [1.29, 1.82) is 0 Å². The zero-order chi connectivity index (χ0) is 16.1. The lowest BCUT2D eigenvalue weighted by molar-refractivity contribution is -0.304. The van der Waals surface area contributed by atoms with E-state index in [2.05, 4.69) is 10.3 Å². The van der Waals surface area contributed by atoms with E-state index in [-0.39, 0.29) is 12.0 Å². The van der Waals surface area contributed by atoms with Crippen LogP contribution in [-0.4, -0.2) is 22.8 Å². The van der Waals surface area contributed by atoms with Crippen LogP contribution in [0.15, 0.2) is 42.6 Å². The van der Waals surface area contributed by atoms with Crippen LogP contribution in [-0.2, 0) is 11.2 Å². The number of carboxylic acids is 2. The highest BCUT2D eigenvalue weighted by atomic mass is 16.4. The van der Waals surface area contributed by atoms with E-state index in [1.54, 1.807) is 0 Å². The molecule has 2 rings (SSSR count). The molecular weight excluding hydrogens is 288 g/mol. The van der Waals surface area contributed by atoms with E-state index in [0.717, 1.165) is 0 Å². The Balaban J connectivity index is 2.15. The fraction of sp³-hybridized carbons (Fsp3) is 0.0667.